The first-order chi connectivity index (χ1) is 27.3. The monoisotopic (exact) mass is 700 g/mol. The molecule has 0 saturated carbocycles. The van der Waals surface area contributed by atoms with Gasteiger partial charge in [-0.05, 0) is 85.0 Å². The third-order valence-electron chi connectivity index (χ3n) is 12.0. The van der Waals surface area contributed by atoms with Gasteiger partial charge in [-0.25, -0.2) is 9.97 Å². The Kier molecular flexibility index (Phi) is 6.32. The van der Waals surface area contributed by atoms with Crippen LogP contribution in [-0.4, -0.2) is 9.97 Å². The second kappa shape index (κ2) is 11.4. The molecule has 256 valence electrons. The predicted molar refractivity (Wildman–Crippen MR) is 222 cm³/mol. The van der Waals surface area contributed by atoms with Gasteiger partial charge in [-0.15, -0.1) is 0 Å². The molecule has 1 spiro atoms. The van der Waals surface area contributed by atoms with Crippen LogP contribution in [0.15, 0.2) is 182 Å². The molecule has 12 rings (SSSR count). The Morgan fingerprint density at radius 1 is 0.418 bits per heavy atom. The fraction of sp³-hybridized carbons (Fsp3) is 0.0385. The van der Waals surface area contributed by atoms with Crippen LogP contribution in [0.2, 0.25) is 0 Å². The molecule has 2 heterocycles. The van der Waals surface area contributed by atoms with Gasteiger partial charge in [0, 0.05) is 22.1 Å². The zero-order valence-corrected chi connectivity index (χ0v) is 29.8. The minimum absolute atomic E-state index is 0.420. The quantitative estimate of drug-likeness (QED) is 0.184. The minimum atomic E-state index is -0.420. The Balaban J connectivity index is 1.01. The molecule has 3 aliphatic rings. The highest BCUT2D eigenvalue weighted by molar-refractivity contribution is 6.01. The zero-order chi connectivity index (χ0) is 36.1. The van der Waals surface area contributed by atoms with Crippen LogP contribution >= 0.6 is 0 Å². The first kappa shape index (κ1) is 30.4. The van der Waals surface area contributed by atoms with E-state index in [1.165, 1.54) is 61.2 Å². The molecule has 0 saturated heterocycles. The number of rotatable bonds is 3. The molecule has 2 aliphatic carbocycles. The number of ether oxygens (including phenoxy) is 1. The largest absolute Gasteiger partial charge is 0.488 e. The standard InChI is InChI=1S/C52H32N2O/c1-6-18-43-37(12-1)38-13-2-7-19-44(38)52(43)45-20-8-3-15-40(45)49-42(17-11-21-46(49)52)51-53-47-22-9-4-16-41(47)50(54-51)33-26-24-32(25-27-33)34-28-29-36-35(30-34)31-55-48-23-10-5-14-39(36)48/h1-30H,31H2. The molecule has 0 atom stereocenters. The van der Waals surface area contributed by atoms with Crippen molar-refractivity contribution in [1.82, 2.24) is 9.97 Å². The number of benzene rings is 8. The average molecular weight is 701 g/mol. The van der Waals surface area contributed by atoms with E-state index in [1.807, 2.05) is 12.1 Å². The van der Waals surface area contributed by atoms with Gasteiger partial charge in [-0.1, -0.05) is 164 Å². The lowest BCUT2D eigenvalue weighted by molar-refractivity contribution is 0.302. The number of aromatic nitrogens is 2. The summed E-state index contributed by atoms with van der Waals surface area (Å²) in [7, 11) is 0. The van der Waals surface area contributed by atoms with E-state index in [2.05, 4.69) is 170 Å². The van der Waals surface area contributed by atoms with E-state index in [4.69, 9.17) is 14.7 Å². The van der Waals surface area contributed by atoms with Crippen LogP contribution < -0.4 is 4.74 Å². The summed E-state index contributed by atoms with van der Waals surface area (Å²) in [6.07, 6.45) is 0. The molecule has 0 amide bonds. The summed E-state index contributed by atoms with van der Waals surface area (Å²) in [4.78, 5) is 10.7. The fourth-order valence-corrected chi connectivity index (χ4v) is 9.69. The molecule has 0 unspecified atom stereocenters. The highest BCUT2D eigenvalue weighted by atomic mass is 16.5. The maximum atomic E-state index is 6.10. The van der Waals surface area contributed by atoms with E-state index in [0.717, 1.165) is 50.4 Å². The number of para-hydroxylation sites is 2. The molecule has 8 aromatic carbocycles. The van der Waals surface area contributed by atoms with Gasteiger partial charge in [0.15, 0.2) is 5.82 Å². The van der Waals surface area contributed by atoms with Gasteiger partial charge in [-0.2, -0.15) is 0 Å². The Labute approximate surface area is 319 Å². The molecule has 0 radical (unpaired) electrons. The van der Waals surface area contributed by atoms with Crippen LogP contribution in [0, 0.1) is 0 Å². The second-order valence-corrected chi connectivity index (χ2v) is 14.8. The van der Waals surface area contributed by atoms with Crippen LogP contribution in [0.1, 0.15) is 27.8 Å². The minimum Gasteiger partial charge on any atom is -0.488 e. The molecule has 1 aliphatic heterocycles. The van der Waals surface area contributed by atoms with E-state index in [9.17, 15) is 0 Å². The maximum absolute atomic E-state index is 6.10. The maximum Gasteiger partial charge on any atom is 0.161 e. The summed E-state index contributed by atoms with van der Waals surface area (Å²) in [6, 6.07) is 65.7. The van der Waals surface area contributed by atoms with E-state index >= 15 is 0 Å². The summed E-state index contributed by atoms with van der Waals surface area (Å²) in [5.74, 6) is 1.68. The van der Waals surface area contributed by atoms with Crippen molar-refractivity contribution >= 4 is 10.9 Å². The lowest BCUT2D eigenvalue weighted by atomic mass is 9.70. The van der Waals surface area contributed by atoms with Crippen molar-refractivity contribution in [2.45, 2.75) is 12.0 Å². The molecular weight excluding hydrogens is 669 g/mol. The van der Waals surface area contributed by atoms with Crippen LogP contribution in [0.25, 0.3) is 78.1 Å². The van der Waals surface area contributed by atoms with Gasteiger partial charge in [-0.3, -0.25) is 0 Å². The molecule has 0 fully saturated rings. The molecule has 0 bridgehead atoms. The third-order valence-corrected chi connectivity index (χ3v) is 12.0. The third kappa shape index (κ3) is 4.21. The Hall–Kier alpha value is -7.10. The van der Waals surface area contributed by atoms with Gasteiger partial charge in [0.1, 0.15) is 12.4 Å². The number of nitrogens with zero attached hydrogens (tertiary/aromatic N) is 2. The van der Waals surface area contributed by atoms with Crippen LogP contribution in [0.5, 0.6) is 5.75 Å². The SMILES string of the molecule is c1ccc2c(c1)OCc1cc(-c3ccc(-c4nc(-c5cccc6c5-c5ccccc5C65c6ccccc6-c6ccccc65)nc5ccccc45)cc3)ccc1-2. The predicted octanol–water partition coefficient (Wildman–Crippen LogP) is 12.5. The Morgan fingerprint density at radius 2 is 1.00 bits per heavy atom. The van der Waals surface area contributed by atoms with Gasteiger partial charge in [0.05, 0.1) is 16.6 Å². The lowest BCUT2D eigenvalue weighted by Gasteiger charge is -2.30. The highest BCUT2D eigenvalue weighted by Crippen LogP contribution is 2.63. The molecule has 3 heteroatoms. The lowest BCUT2D eigenvalue weighted by Crippen LogP contribution is -2.25. The molecule has 9 aromatic rings. The summed E-state index contributed by atoms with van der Waals surface area (Å²) >= 11 is 0. The van der Waals surface area contributed by atoms with Crippen molar-refractivity contribution in [3.63, 3.8) is 0 Å². The normalized spacial score (nSPS) is 13.7. The first-order valence-corrected chi connectivity index (χ1v) is 18.9. The van der Waals surface area contributed by atoms with Crippen molar-refractivity contribution in [2.24, 2.45) is 0 Å². The molecule has 3 nitrogen and oxygen atoms in total. The highest BCUT2D eigenvalue weighted by Gasteiger charge is 2.52. The topological polar surface area (TPSA) is 35.0 Å². The second-order valence-electron chi connectivity index (χ2n) is 14.8. The van der Waals surface area contributed by atoms with Crippen molar-refractivity contribution in [3.8, 4) is 72.9 Å². The number of fused-ring (bicyclic) bond motifs is 14. The number of hydrogen-bond acceptors (Lipinski definition) is 3. The fourth-order valence-electron chi connectivity index (χ4n) is 9.69. The Morgan fingerprint density at radius 3 is 1.78 bits per heavy atom. The molecule has 1 aromatic heterocycles. The van der Waals surface area contributed by atoms with Crippen molar-refractivity contribution in [3.05, 3.63) is 210 Å². The van der Waals surface area contributed by atoms with Crippen LogP contribution in [0.3, 0.4) is 0 Å². The van der Waals surface area contributed by atoms with Gasteiger partial charge in [0.2, 0.25) is 0 Å². The van der Waals surface area contributed by atoms with E-state index < -0.39 is 5.41 Å². The summed E-state index contributed by atoms with van der Waals surface area (Å²) < 4.78 is 6.10. The summed E-state index contributed by atoms with van der Waals surface area (Å²) in [5.41, 5.74) is 19.8. The van der Waals surface area contributed by atoms with E-state index in [1.54, 1.807) is 0 Å². The van der Waals surface area contributed by atoms with Crippen molar-refractivity contribution < 1.29 is 4.74 Å². The van der Waals surface area contributed by atoms with E-state index in [-0.39, 0.29) is 0 Å². The van der Waals surface area contributed by atoms with Gasteiger partial charge in [0.25, 0.3) is 0 Å². The molecule has 0 N–H and O–H groups in total. The Bertz CT molecular complexity index is 3010. The van der Waals surface area contributed by atoms with Crippen molar-refractivity contribution in [1.29, 1.82) is 0 Å². The summed E-state index contributed by atoms with van der Waals surface area (Å²) in [5, 5.41) is 1.03. The van der Waals surface area contributed by atoms with Crippen LogP contribution in [-0.2, 0) is 12.0 Å². The van der Waals surface area contributed by atoms with Crippen LogP contribution in [0.4, 0.5) is 0 Å². The first-order valence-electron chi connectivity index (χ1n) is 18.9. The summed E-state index contributed by atoms with van der Waals surface area (Å²) in [6.45, 7) is 0.571. The smallest absolute Gasteiger partial charge is 0.161 e. The van der Waals surface area contributed by atoms with Crippen molar-refractivity contribution in [2.75, 3.05) is 0 Å². The molecular formula is C52H32N2O. The van der Waals surface area contributed by atoms with E-state index in [0.29, 0.717) is 6.61 Å². The molecule has 55 heavy (non-hydrogen) atoms. The van der Waals surface area contributed by atoms with Gasteiger partial charge < -0.3 is 4.74 Å². The number of hydrogen-bond donors (Lipinski definition) is 0. The van der Waals surface area contributed by atoms with Gasteiger partial charge >= 0.3 is 0 Å². The zero-order valence-electron chi connectivity index (χ0n) is 29.8. The average Bonchev–Trinajstić information content (AvgIpc) is 3.73.